The molecule has 218 valence electrons. The number of hydrogen-bond donors (Lipinski definition) is 2. The van der Waals surface area contributed by atoms with Crippen molar-refractivity contribution < 1.29 is 9.90 Å². The van der Waals surface area contributed by atoms with E-state index in [1.165, 1.54) is 0 Å². The van der Waals surface area contributed by atoms with Gasteiger partial charge in [-0.15, -0.1) is 10.2 Å². The maximum Gasteiger partial charge on any atom is 0.328 e. The SMILES string of the molecule is CCCCc1cn(C2C(CC)CCCCCC2C(=O)O)c(=O)n1CC1(c2cccc(-c3nn[nH]n3)c2)C=CN=CC1. The molecule has 0 amide bonds. The molecule has 0 radical (unpaired) electrons. The summed E-state index contributed by atoms with van der Waals surface area (Å²) < 4.78 is 3.71. The Hall–Kier alpha value is -3.82. The second-order valence-electron chi connectivity index (χ2n) is 11.6. The highest BCUT2D eigenvalue weighted by Crippen LogP contribution is 2.39. The first-order valence-electron chi connectivity index (χ1n) is 15.0. The number of carboxylic acid groups (broad SMARTS) is 1. The maximum atomic E-state index is 14.4. The fraction of sp³-hybridized carbons (Fsp3) is 0.548. The molecule has 4 atom stereocenters. The van der Waals surface area contributed by atoms with E-state index in [-0.39, 0.29) is 17.6 Å². The number of H-pyrrole nitrogens is 1. The van der Waals surface area contributed by atoms with Crippen LogP contribution >= 0.6 is 0 Å². The molecular formula is C31H41N7O3. The summed E-state index contributed by atoms with van der Waals surface area (Å²) in [4.78, 5) is 31.3. The third kappa shape index (κ3) is 5.96. The number of aromatic amines is 1. The molecule has 2 N–H and O–H groups in total. The van der Waals surface area contributed by atoms with Crippen LogP contribution in [-0.4, -0.2) is 47.0 Å². The molecule has 1 aromatic carbocycles. The molecule has 2 aromatic heterocycles. The Bertz CT molecular complexity index is 1440. The van der Waals surface area contributed by atoms with Crippen molar-refractivity contribution in [3.8, 4) is 11.4 Å². The molecule has 1 fully saturated rings. The second-order valence-corrected chi connectivity index (χ2v) is 11.6. The number of unbranched alkanes of at least 4 members (excludes halogenated alkanes) is 1. The Kier molecular flexibility index (Phi) is 8.95. The Morgan fingerprint density at radius 2 is 2.05 bits per heavy atom. The molecule has 10 heteroatoms. The number of rotatable bonds is 10. The lowest BCUT2D eigenvalue weighted by Gasteiger charge is -2.34. The number of carboxylic acids is 1. The largest absolute Gasteiger partial charge is 0.481 e. The molecule has 3 heterocycles. The van der Waals surface area contributed by atoms with Crippen molar-refractivity contribution in [1.82, 2.24) is 29.8 Å². The van der Waals surface area contributed by atoms with Gasteiger partial charge in [0.1, 0.15) is 0 Å². The summed E-state index contributed by atoms with van der Waals surface area (Å²) >= 11 is 0. The summed E-state index contributed by atoms with van der Waals surface area (Å²) in [5.41, 5.74) is 2.20. The molecule has 5 rings (SSSR count). The van der Waals surface area contributed by atoms with E-state index in [2.05, 4.69) is 57.7 Å². The summed E-state index contributed by atoms with van der Waals surface area (Å²) in [6.07, 6.45) is 16.5. The number of aliphatic carboxylic acids is 1. The van der Waals surface area contributed by atoms with Crippen LogP contribution in [0.3, 0.4) is 0 Å². The third-order valence-corrected chi connectivity index (χ3v) is 9.04. The van der Waals surface area contributed by atoms with E-state index in [1.807, 2.05) is 29.1 Å². The van der Waals surface area contributed by atoms with Gasteiger partial charge in [0, 0.05) is 41.8 Å². The lowest BCUT2D eigenvalue weighted by atomic mass is 9.76. The minimum absolute atomic E-state index is 0.115. The Morgan fingerprint density at radius 3 is 2.76 bits per heavy atom. The number of aromatic nitrogens is 6. The van der Waals surface area contributed by atoms with Gasteiger partial charge in [-0.1, -0.05) is 70.2 Å². The van der Waals surface area contributed by atoms with Gasteiger partial charge in [0.15, 0.2) is 0 Å². The monoisotopic (exact) mass is 559 g/mol. The normalized spacial score (nSPS) is 24.7. The number of imidazole rings is 1. The maximum absolute atomic E-state index is 14.4. The first kappa shape index (κ1) is 28.7. The van der Waals surface area contributed by atoms with Gasteiger partial charge in [-0.05, 0) is 54.9 Å². The number of aliphatic imine (C=N–C) groups is 1. The van der Waals surface area contributed by atoms with Gasteiger partial charge in [-0.2, -0.15) is 5.21 Å². The van der Waals surface area contributed by atoms with Crippen LogP contribution in [0.4, 0.5) is 0 Å². The van der Waals surface area contributed by atoms with Crippen LogP contribution in [0, 0.1) is 11.8 Å². The molecular weight excluding hydrogens is 518 g/mol. The first-order valence-corrected chi connectivity index (χ1v) is 15.0. The predicted molar refractivity (Wildman–Crippen MR) is 158 cm³/mol. The average Bonchev–Trinajstić information content (AvgIpc) is 3.62. The van der Waals surface area contributed by atoms with Crippen molar-refractivity contribution in [1.29, 1.82) is 0 Å². The van der Waals surface area contributed by atoms with E-state index in [9.17, 15) is 14.7 Å². The van der Waals surface area contributed by atoms with Gasteiger partial charge in [0.2, 0.25) is 5.82 Å². The Morgan fingerprint density at radius 1 is 1.20 bits per heavy atom. The lowest BCUT2D eigenvalue weighted by Crippen LogP contribution is -2.41. The molecule has 1 aliphatic heterocycles. The van der Waals surface area contributed by atoms with Crippen molar-refractivity contribution in [2.75, 3.05) is 0 Å². The van der Waals surface area contributed by atoms with Crippen molar-refractivity contribution in [3.05, 3.63) is 64.5 Å². The smallest absolute Gasteiger partial charge is 0.328 e. The molecule has 0 saturated heterocycles. The number of tetrazole rings is 1. The second kappa shape index (κ2) is 12.8. The molecule has 0 bridgehead atoms. The minimum atomic E-state index is -0.800. The fourth-order valence-electron chi connectivity index (χ4n) is 6.73. The van der Waals surface area contributed by atoms with Crippen LogP contribution in [0.1, 0.15) is 88.9 Å². The highest BCUT2D eigenvalue weighted by atomic mass is 16.4. The highest BCUT2D eigenvalue weighted by Gasteiger charge is 2.39. The van der Waals surface area contributed by atoms with Gasteiger partial charge in [0.25, 0.3) is 0 Å². The molecule has 41 heavy (non-hydrogen) atoms. The number of carbonyl (C=O) groups is 1. The van der Waals surface area contributed by atoms with Crippen molar-refractivity contribution in [2.45, 2.75) is 96.1 Å². The lowest BCUT2D eigenvalue weighted by molar-refractivity contribution is -0.144. The molecule has 1 saturated carbocycles. The van der Waals surface area contributed by atoms with E-state index in [0.717, 1.165) is 68.2 Å². The highest BCUT2D eigenvalue weighted by molar-refractivity contribution is 5.70. The van der Waals surface area contributed by atoms with Crippen molar-refractivity contribution >= 4 is 12.2 Å². The quantitative estimate of drug-likeness (QED) is 0.345. The van der Waals surface area contributed by atoms with Gasteiger partial charge in [-0.3, -0.25) is 18.9 Å². The fourth-order valence-corrected chi connectivity index (χ4v) is 6.73. The number of nitrogens with zero attached hydrogens (tertiary/aromatic N) is 6. The van der Waals surface area contributed by atoms with Gasteiger partial charge < -0.3 is 5.11 Å². The zero-order chi connectivity index (χ0) is 28.8. The Labute approximate surface area is 240 Å². The predicted octanol–water partition coefficient (Wildman–Crippen LogP) is 5.33. The van der Waals surface area contributed by atoms with E-state index in [4.69, 9.17) is 0 Å². The summed E-state index contributed by atoms with van der Waals surface area (Å²) in [5, 5.41) is 24.8. The van der Waals surface area contributed by atoms with Crippen LogP contribution in [-0.2, 0) is 23.2 Å². The van der Waals surface area contributed by atoms with E-state index in [0.29, 0.717) is 25.2 Å². The van der Waals surface area contributed by atoms with E-state index >= 15 is 0 Å². The van der Waals surface area contributed by atoms with Gasteiger partial charge in [-0.25, -0.2) is 4.79 Å². The summed E-state index contributed by atoms with van der Waals surface area (Å²) in [6.45, 7) is 4.69. The summed E-state index contributed by atoms with van der Waals surface area (Å²) in [5.74, 6) is -0.718. The number of allylic oxidation sites excluding steroid dienone is 1. The van der Waals surface area contributed by atoms with Crippen LogP contribution in [0.2, 0.25) is 0 Å². The molecule has 2 aliphatic rings. The molecule has 1 aliphatic carbocycles. The van der Waals surface area contributed by atoms with Crippen LogP contribution in [0.5, 0.6) is 0 Å². The van der Waals surface area contributed by atoms with Crippen LogP contribution < -0.4 is 5.69 Å². The van der Waals surface area contributed by atoms with Gasteiger partial charge in [0.05, 0.1) is 12.0 Å². The van der Waals surface area contributed by atoms with Crippen molar-refractivity contribution in [3.63, 3.8) is 0 Å². The zero-order valence-electron chi connectivity index (χ0n) is 24.1. The zero-order valence-corrected chi connectivity index (χ0v) is 24.1. The third-order valence-electron chi connectivity index (χ3n) is 9.04. The van der Waals surface area contributed by atoms with E-state index < -0.39 is 17.3 Å². The van der Waals surface area contributed by atoms with Crippen molar-refractivity contribution in [2.24, 2.45) is 16.8 Å². The van der Waals surface area contributed by atoms with Crippen LogP contribution in [0.25, 0.3) is 11.4 Å². The number of nitrogens with one attached hydrogen (secondary N) is 1. The average molecular weight is 560 g/mol. The topological polar surface area (TPSA) is 131 Å². The number of aryl methyl sites for hydroxylation is 1. The summed E-state index contributed by atoms with van der Waals surface area (Å²) in [7, 11) is 0. The first-order chi connectivity index (χ1) is 20.0. The Balaban J connectivity index is 1.61. The standard InChI is InChI=1S/C31H41N7O3/c1-3-5-13-25-20-37(27-22(4-2)10-7-6-8-14-26(27)29(39)40)30(41)38(25)21-31(15-17-32-18-16-31)24-12-9-11-23(19-24)28-33-35-36-34-28/h9,11-12,15,17-20,22,26-27H,3-8,10,13-14,16,21H2,1-2H3,(H,39,40)(H,33,34,35,36). The molecule has 3 aromatic rings. The molecule has 10 nitrogen and oxygen atoms in total. The summed E-state index contributed by atoms with van der Waals surface area (Å²) in [6, 6.07) is 7.71. The van der Waals surface area contributed by atoms with Gasteiger partial charge >= 0.3 is 11.7 Å². The molecule has 4 unspecified atom stereocenters. The number of hydrogen-bond acceptors (Lipinski definition) is 6. The van der Waals surface area contributed by atoms with E-state index in [1.54, 1.807) is 10.8 Å². The minimum Gasteiger partial charge on any atom is -0.481 e. The van der Waals surface area contributed by atoms with Crippen LogP contribution in [0.15, 0.2) is 52.5 Å². The number of benzene rings is 1. The molecule has 0 spiro atoms.